The average Bonchev–Trinajstić information content (AvgIpc) is 3.12. The molecule has 37 heavy (non-hydrogen) atoms. The molecule has 0 bridgehead atoms. The number of amides is 3. The van der Waals surface area contributed by atoms with Crippen LogP contribution in [-0.4, -0.2) is 57.8 Å². The van der Waals surface area contributed by atoms with Crippen LogP contribution in [0, 0.1) is 12.7 Å². The molecule has 0 unspecified atom stereocenters. The number of fused-ring (bicyclic) bond motifs is 1. The molecule has 1 saturated heterocycles. The molecule has 0 saturated carbocycles. The molecule has 0 aliphatic carbocycles. The van der Waals surface area contributed by atoms with E-state index in [4.69, 9.17) is 4.74 Å². The van der Waals surface area contributed by atoms with Crippen molar-refractivity contribution in [2.24, 2.45) is 7.05 Å². The lowest BCUT2D eigenvalue weighted by Crippen LogP contribution is -2.35. The summed E-state index contributed by atoms with van der Waals surface area (Å²) in [5.41, 5.74) is -0.823. The summed E-state index contributed by atoms with van der Waals surface area (Å²) in [4.78, 5) is 32.1. The molecule has 1 fully saturated rings. The molecule has 2 aromatic heterocycles. The maximum Gasteiger partial charge on any atom is 0.419 e. The van der Waals surface area contributed by atoms with Crippen LogP contribution in [-0.2, 0) is 13.2 Å². The number of hydrogen-bond donors (Lipinski definition) is 2. The highest BCUT2D eigenvalue weighted by Crippen LogP contribution is 2.33. The monoisotopic (exact) mass is 522 g/mol. The van der Waals surface area contributed by atoms with Gasteiger partial charge >= 0.3 is 12.2 Å². The SMILES string of the molecule is Cc1nn(C)c2nc(OCCN3CCCCC3)c(C(=O)NC(=O)Nc3ccc(F)c(C(F)(F)F)c3)cc12. The molecule has 0 atom stereocenters. The van der Waals surface area contributed by atoms with Crippen LogP contribution in [0.4, 0.5) is 28.0 Å². The van der Waals surface area contributed by atoms with Crippen LogP contribution in [0.1, 0.15) is 40.9 Å². The molecule has 3 heterocycles. The van der Waals surface area contributed by atoms with Crippen molar-refractivity contribution in [3.63, 3.8) is 0 Å². The molecule has 0 radical (unpaired) electrons. The van der Waals surface area contributed by atoms with Gasteiger partial charge < -0.3 is 10.1 Å². The van der Waals surface area contributed by atoms with E-state index in [1.165, 1.54) is 12.5 Å². The molecule has 198 valence electrons. The van der Waals surface area contributed by atoms with Gasteiger partial charge in [-0.05, 0) is 57.1 Å². The molecule has 3 amide bonds. The maximum absolute atomic E-state index is 13.5. The summed E-state index contributed by atoms with van der Waals surface area (Å²) in [7, 11) is 1.70. The first kappa shape index (κ1) is 26.3. The minimum Gasteiger partial charge on any atom is -0.476 e. The number of piperidine rings is 1. The summed E-state index contributed by atoms with van der Waals surface area (Å²) in [6, 6.07) is 2.38. The third kappa shape index (κ3) is 6.16. The lowest BCUT2D eigenvalue weighted by Gasteiger charge is -2.26. The van der Waals surface area contributed by atoms with Gasteiger partial charge in [-0.25, -0.2) is 9.18 Å². The number of pyridine rings is 1. The molecule has 9 nitrogen and oxygen atoms in total. The van der Waals surface area contributed by atoms with E-state index in [2.05, 4.69) is 25.6 Å². The summed E-state index contributed by atoms with van der Waals surface area (Å²) in [6.45, 7) is 4.56. The van der Waals surface area contributed by atoms with Crippen molar-refractivity contribution in [1.82, 2.24) is 25.0 Å². The van der Waals surface area contributed by atoms with E-state index < -0.39 is 29.5 Å². The number of ether oxygens (including phenoxy) is 1. The number of alkyl halides is 3. The molecular weight excluding hydrogens is 496 g/mol. The van der Waals surface area contributed by atoms with E-state index in [9.17, 15) is 27.2 Å². The number of benzene rings is 1. The first-order valence-corrected chi connectivity index (χ1v) is 11.7. The Bertz CT molecular complexity index is 1320. The van der Waals surface area contributed by atoms with Crippen LogP contribution in [0.15, 0.2) is 24.3 Å². The van der Waals surface area contributed by atoms with Crippen molar-refractivity contribution in [3.8, 4) is 5.88 Å². The minimum atomic E-state index is -4.95. The molecule has 4 rings (SSSR count). The largest absolute Gasteiger partial charge is 0.476 e. The lowest BCUT2D eigenvalue weighted by atomic mass is 10.1. The van der Waals surface area contributed by atoms with Gasteiger partial charge in [0, 0.05) is 24.7 Å². The quantitative estimate of drug-likeness (QED) is 0.469. The van der Waals surface area contributed by atoms with E-state index in [0.717, 1.165) is 32.0 Å². The van der Waals surface area contributed by atoms with E-state index in [-0.39, 0.29) is 23.7 Å². The minimum absolute atomic E-state index is 0.000973. The summed E-state index contributed by atoms with van der Waals surface area (Å²) in [6.07, 6.45) is -1.53. The summed E-state index contributed by atoms with van der Waals surface area (Å²) in [5.74, 6) is -2.35. The number of hydrogen-bond acceptors (Lipinski definition) is 6. The number of nitrogens with zero attached hydrogens (tertiary/aromatic N) is 4. The van der Waals surface area contributed by atoms with Crippen molar-refractivity contribution in [1.29, 1.82) is 0 Å². The molecule has 1 aromatic carbocycles. The number of rotatable bonds is 6. The van der Waals surface area contributed by atoms with Crippen molar-refractivity contribution in [3.05, 3.63) is 46.9 Å². The number of carbonyl (C=O) groups is 2. The number of aryl methyl sites for hydroxylation is 2. The fourth-order valence-electron chi connectivity index (χ4n) is 4.21. The Morgan fingerprint density at radius 3 is 2.57 bits per heavy atom. The van der Waals surface area contributed by atoms with E-state index in [0.29, 0.717) is 35.4 Å². The summed E-state index contributed by atoms with van der Waals surface area (Å²) < 4.78 is 59.8. The summed E-state index contributed by atoms with van der Waals surface area (Å²) >= 11 is 0. The van der Waals surface area contributed by atoms with Crippen LogP contribution < -0.4 is 15.4 Å². The smallest absolute Gasteiger partial charge is 0.419 e. The third-order valence-corrected chi connectivity index (χ3v) is 6.06. The van der Waals surface area contributed by atoms with Gasteiger partial charge in [0.1, 0.15) is 18.0 Å². The van der Waals surface area contributed by atoms with Gasteiger partial charge in [-0.3, -0.25) is 19.7 Å². The van der Waals surface area contributed by atoms with E-state index >= 15 is 0 Å². The molecule has 1 aliphatic heterocycles. The highest BCUT2D eigenvalue weighted by atomic mass is 19.4. The van der Waals surface area contributed by atoms with Crippen molar-refractivity contribution >= 4 is 28.7 Å². The molecule has 1 aliphatic rings. The average molecular weight is 523 g/mol. The first-order valence-electron chi connectivity index (χ1n) is 11.7. The Morgan fingerprint density at radius 1 is 1.14 bits per heavy atom. The molecule has 3 aromatic rings. The zero-order chi connectivity index (χ0) is 26.7. The van der Waals surface area contributed by atoms with Gasteiger partial charge in [-0.15, -0.1) is 0 Å². The zero-order valence-electron chi connectivity index (χ0n) is 20.3. The van der Waals surface area contributed by atoms with Gasteiger partial charge in [-0.1, -0.05) is 6.42 Å². The van der Waals surface area contributed by atoms with Crippen molar-refractivity contribution in [2.45, 2.75) is 32.4 Å². The second-order valence-electron chi connectivity index (χ2n) is 8.77. The Kier molecular flexibility index (Phi) is 7.62. The fraction of sp³-hybridized carbons (Fsp3) is 0.417. The second-order valence-corrected chi connectivity index (χ2v) is 8.77. The van der Waals surface area contributed by atoms with Gasteiger partial charge in [0.2, 0.25) is 5.88 Å². The Labute approximate surface area is 209 Å². The fourth-order valence-corrected chi connectivity index (χ4v) is 4.21. The van der Waals surface area contributed by atoms with Crippen LogP contribution in [0.2, 0.25) is 0 Å². The number of imide groups is 1. The van der Waals surface area contributed by atoms with Crippen LogP contribution in [0.3, 0.4) is 0 Å². The van der Waals surface area contributed by atoms with E-state index in [1.54, 1.807) is 18.7 Å². The molecule has 13 heteroatoms. The topological polar surface area (TPSA) is 101 Å². The Morgan fingerprint density at radius 2 is 1.86 bits per heavy atom. The van der Waals surface area contributed by atoms with Gasteiger partial charge in [0.25, 0.3) is 5.91 Å². The lowest BCUT2D eigenvalue weighted by molar-refractivity contribution is -0.139. The standard InChI is InChI=1S/C24H26F4N6O3/c1-14-16-13-17(21(35)31-23(36)29-15-6-7-19(25)18(12-15)24(26,27)28)22(30-20(16)33(2)32-14)37-11-10-34-8-4-3-5-9-34/h6-7,12-13H,3-5,8-11H2,1-2H3,(H2,29,31,35,36). The molecule has 0 spiro atoms. The van der Waals surface area contributed by atoms with Crippen molar-refractivity contribution < 1.29 is 31.9 Å². The number of likely N-dealkylation sites (tertiary alicyclic amines) is 1. The van der Waals surface area contributed by atoms with Gasteiger partial charge in [-0.2, -0.15) is 23.3 Å². The highest BCUT2D eigenvalue weighted by Gasteiger charge is 2.34. The number of aromatic nitrogens is 3. The van der Waals surface area contributed by atoms with Gasteiger partial charge in [0.15, 0.2) is 5.65 Å². The maximum atomic E-state index is 13.5. The Hall–Kier alpha value is -3.74. The van der Waals surface area contributed by atoms with Crippen molar-refractivity contribution in [2.75, 3.05) is 31.6 Å². The number of halogens is 4. The summed E-state index contributed by atoms with van der Waals surface area (Å²) in [5, 5.41) is 9.05. The normalized spacial score (nSPS) is 14.5. The first-order chi connectivity index (χ1) is 17.5. The highest BCUT2D eigenvalue weighted by molar-refractivity contribution is 6.10. The van der Waals surface area contributed by atoms with Gasteiger partial charge in [0.05, 0.1) is 11.3 Å². The van der Waals surface area contributed by atoms with Crippen LogP contribution in [0.5, 0.6) is 5.88 Å². The predicted octanol–water partition coefficient (Wildman–Crippen LogP) is 4.26. The number of anilines is 1. The molecular formula is C24H26F4N6O3. The third-order valence-electron chi connectivity index (χ3n) is 6.06. The van der Waals surface area contributed by atoms with E-state index in [1.807, 2.05) is 0 Å². The second kappa shape index (κ2) is 10.7. The van der Waals surface area contributed by atoms with Crippen LogP contribution in [0.25, 0.3) is 11.0 Å². The predicted molar refractivity (Wildman–Crippen MR) is 127 cm³/mol. The zero-order valence-corrected chi connectivity index (χ0v) is 20.3. The number of carbonyl (C=O) groups excluding carboxylic acids is 2. The number of urea groups is 1. The van der Waals surface area contributed by atoms with Crippen LogP contribution >= 0.6 is 0 Å². The molecule has 2 N–H and O–H groups in total. The number of nitrogens with one attached hydrogen (secondary N) is 2. The Balaban J connectivity index is 1.52.